The Bertz CT molecular complexity index is 750. The van der Waals surface area contributed by atoms with Gasteiger partial charge in [0.05, 0.1) is 0 Å². The fourth-order valence-corrected chi connectivity index (χ4v) is 3.35. The highest BCUT2D eigenvalue weighted by atomic mass is 32.2. The van der Waals surface area contributed by atoms with Gasteiger partial charge >= 0.3 is 0 Å². The van der Waals surface area contributed by atoms with Gasteiger partial charge in [-0.15, -0.1) is 0 Å². The van der Waals surface area contributed by atoms with E-state index in [2.05, 4.69) is 77.6 Å². The molecule has 1 N–H and O–H groups in total. The van der Waals surface area contributed by atoms with Crippen molar-refractivity contribution in [2.45, 2.75) is 37.1 Å². The van der Waals surface area contributed by atoms with Gasteiger partial charge in [0.25, 0.3) is 0 Å². The van der Waals surface area contributed by atoms with Crippen LogP contribution in [0.3, 0.4) is 0 Å². The van der Waals surface area contributed by atoms with E-state index in [1.54, 1.807) is 11.8 Å². The molecule has 0 spiro atoms. The number of hydrogen-bond acceptors (Lipinski definition) is 3. The summed E-state index contributed by atoms with van der Waals surface area (Å²) in [5.41, 5.74) is 3.97. The molecule has 0 unspecified atom stereocenters. The van der Waals surface area contributed by atoms with E-state index in [0.717, 1.165) is 23.2 Å². The summed E-state index contributed by atoms with van der Waals surface area (Å²) in [5, 5.41) is 8.29. The van der Waals surface area contributed by atoms with Crippen molar-refractivity contribution in [3.63, 3.8) is 0 Å². The number of rotatable bonds is 6. The van der Waals surface area contributed by atoms with E-state index < -0.39 is 0 Å². The van der Waals surface area contributed by atoms with Crippen molar-refractivity contribution in [1.82, 2.24) is 15.2 Å². The molecule has 1 aromatic heterocycles. The summed E-state index contributed by atoms with van der Waals surface area (Å²) in [6.07, 6.45) is 0.775. The zero-order valence-electron chi connectivity index (χ0n) is 13.5. The second-order valence-electron chi connectivity index (χ2n) is 5.86. The molecule has 0 bridgehead atoms. The zero-order valence-corrected chi connectivity index (χ0v) is 14.3. The molecule has 4 heteroatoms. The van der Waals surface area contributed by atoms with Crippen LogP contribution in [-0.4, -0.2) is 15.2 Å². The highest BCUT2D eigenvalue weighted by molar-refractivity contribution is 7.98. The summed E-state index contributed by atoms with van der Waals surface area (Å²) in [6.45, 7) is 4.44. The number of nitrogens with one attached hydrogen (secondary N) is 1. The maximum absolute atomic E-state index is 4.62. The highest BCUT2D eigenvalue weighted by Crippen LogP contribution is 2.22. The minimum atomic E-state index is 0.511. The Morgan fingerprint density at radius 2 is 1.74 bits per heavy atom. The zero-order chi connectivity index (χ0) is 16.1. The Balaban J connectivity index is 1.66. The first-order valence-corrected chi connectivity index (χ1v) is 8.86. The summed E-state index contributed by atoms with van der Waals surface area (Å²) in [5.74, 6) is 2.27. The van der Waals surface area contributed by atoms with E-state index >= 15 is 0 Å². The van der Waals surface area contributed by atoms with Crippen LogP contribution in [0.4, 0.5) is 0 Å². The molecule has 0 aliphatic rings. The average Bonchev–Trinajstić information content (AvgIpc) is 3.02. The molecule has 0 atom stereocenters. The van der Waals surface area contributed by atoms with E-state index in [1.807, 2.05) is 6.07 Å². The number of aromatic nitrogens is 3. The molecular formula is C19H21N3S. The average molecular weight is 323 g/mol. The van der Waals surface area contributed by atoms with Crippen LogP contribution >= 0.6 is 11.8 Å². The molecule has 3 aromatic rings. The van der Waals surface area contributed by atoms with Crippen LogP contribution in [0.25, 0.3) is 0 Å². The first-order valence-electron chi connectivity index (χ1n) is 7.88. The molecule has 0 saturated carbocycles. The largest absolute Gasteiger partial charge is 0.254 e. The first-order chi connectivity index (χ1) is 11.2. The molecule has 3 rings (SSSR count). The van der Waals surface area contributed by atoms with Crippen molar-refractivity contribution >= 4 is 11.8 Å². The SMILES string of the molecule is CC(C)c1ccccc1Cc1n[nH]c(SCc2ccccc2)n1. The second-order valence-corrected chi connectivity index (χ2v) is 6.83. The number of aromatic amines is 1. The summed E-state index contributed by atoms with van der Waals surface area (Å²) in [6, 6.07) is 18.9. The lowest BCUT2D eigenvalue weighted by molar-refractivity contribution is 0.839. The third kappa shape index (κ3) is 4.23. The minimum Gasteiger partial charge on any atom is -0.254 e. The Hall–Kier alpha value is -2.07. The van der Waals surface area contributed by atoms with Crippen molar-refractivity contribution in [2.75, 3.05) is 0 Å². The molecule has 2 aromatic carbocycles. The monoisotopic (exact) mass is 323 g/mol. The summed E-state index contributed by atoms with van der Waals surface area (Å²) in [4.78, 5) is 4.62. The Morgan fingerprint density at radius 1 is 1.00 bits per heavy atom. The normalized spacial score (nSPS) is 11.1. The lowest BCUT2D eigenvalue weighted by atomic mass is 9.95. The van der Waals surface area contributed by atoms with Gasteiger partial charge in [-0.25, -0.2) is 4.98 Å². The maximum atomic E-state index is 4.62. The van der Waals surface area contributed by atoms with Crippen molar-refractivity contribution in [3.8, 4) is 0 Å². The van der Waals surface area contributed by atoms with Gasteiger partial charge in [-0.3, -0.25) is 5.10 Å². The molecule has 0 fully saturated rings. The van der Waals surface area contributed by atoms with E-state index in [0.29, 0.717) is 5.92 Å². The molecule has 1 heterocycles. The highest BCUT2D eigenvalue weighted by Gasteiger charge is 2.10. The van der Waals surface area contributed by atoms with Crippen LogP contribution in [0.2, 0.25) is 0 Å². The minimum absolute atomic E-state index is 0.511. The van der Waals surface area contributed by atoms with Crippen molar-refractivity contribution < 1.29 is 0 Å². The van der Waals surface area contributed by atoms with Crippen molar-refractivity contribution in [1.29, 1.82) is 0 Å². The molecule has 0 aliphatic heterocycles. The smallest absolute Gasteiger partial charge is 0.184 e. The molecule has 118 valence electrons. The van der Waals surface area contributed by atoms with Gasteiger partial charge < -0.3 is 0 Å². The van der Waals surface area contributed by atoms with Gasteiger partial charge in [0.1, 0.15) is 0 Å². The van der Waals surface area contributed by atoms with Crippen LogP contribution in [0.15, 0.2) is 59.8 Å². The van der Waals surface area contributed by atoms with Gasteiger partial charge in [-0.2, -0.15) is 5.10 Å². The summed E-state index contributed by atoms with van der Waals surface area (Å²) in [7, 11) is 0. The van der Waals surface area contributed by atoms with Gasteiger partial charge in [0, 0.05) is 12.2 Å². The number of H-pyrrole nitrogens is 1. The van der Waals surface area contributed by atoms with E-state index in [-0.39, 0.29) is 0 Å². The molecule has 0 amide bonds. The van der Waals surface area contributed by atoms with E-state index in [4.69, 9.17) is 0 Å². The van der Waals surface area contributed by atoms with Gasteiger partial charge in [-0.05, 0) is 22.6 Å². The van der Waals surface area contributed by atoms with E-state index in [9.17, 15) is 0 Å². The van der Waals surface area contributed by atoms with Gasteiger partial charge in [-0.1, -0.05) is 80.2 Å². The van der Waals surface area contributed by atoms with Crippen LogP contribution in [0, 0.1) is 0 Å². The topological polar surface area (TPSA) is 41.6 Å². The summed E-state index contributed by atoms with van der Waals surface area (Å²) < 4.78 is 0. The predicted molar refractivity (Wildman–Crippen MR) is 95.7 cm³/mol. The molecular weight excluding hydrogens is 302 g/mol. The third-order valence-electron chi connectivity index (χ3n) is 3.76. The molecule has 3 nitrogen and oxygen atoms in total. The van der Waals surface area contributed by atoms with Gasteiger partial charge in [0.2, 0.25) is 0 Å². The first kappa shape index (κ1) is 15.8. The standard InChI is InChI=1S/C19H21N3S/c1-14(2)17-11-7-6-10-16(17)12-18-20-19(22-21-18)23-13-15-8-4-3-5-9-15/h3-11,14H,12-13H2,1-2H3,(H,20,21,22). The molecule has 23 heavy (non-hydrogen) atoms. The lowest BCUT2D eigenvalue weighted by Crippen LogP contribution is -1.98. The number of thioether (sulfide) groups is 1. The summed E-state index contributed by atoms with van der Waals surface area (Å²) >= 11 is 1.69. The second kappa shape index (κ2) is 7.47. The van der Waals surface area contributed by atoms with Crippen LogP contribution in [0.1, 0.15) is 42.3 Å². The molecule has 0 radical (unpaired) electrons. The van der Waals surface area contributed by atoms with Crippen LogP contribution < -0.4 is 0 Å². The fraction of sp³-hybridized carbons (Fsp3) is 0.263. The predicted octanol–water partition coefficient (Wildman–Crippen LogP) is 4.81. The Morgan fingerprint density at radius 3 is 2.52 bits per heavy atom. The van der Waals surface area contributed by atoms with Crippen molar-refractivity contribution in [3.05, 3.63) is 77.1 Å². The maximum Gasteiger partial charge on any atom is 0.184 e. The number of nitrogens with zero attached hydrogens (tertiary/aromatic N) is 2. The Labute approximate surface area is 141 Å². The van der Waals surface area contributed by atoms with Crippen LogP contribution in [-0.2, 0) is 12.2 Å². The third-order valence-corrected chi connectivity index (χ3v) is 4.69. The molecule has 0 aliphatic carbocycles. The lowest BCUT2D eigenvalue weighted by Gasteiger charge is -2.10. The number of benzene rings is 2. The quantitative estimate of drug-likeness (QED) is 0.662. The van der Waals surface area contributed by atoms with Crippen molar-refractivity contribution in [2.24, 2.45) is 0 Å². The molecule has 0 saturated heterocycles. The van der Waals surface area contributed by atoms with Crippen LogP contribution in [0.5, 0.6) is 0 Å². The fourth-order valence-electron chi connectivity index (χ4n) is 2.58. The Kier molecular flexibility index (Phi) is 5.13. The van der Waals surface area contributed by atoms with E-state index in [1.165, 1.54) is 16.7 Å². The number of hydrogen-bond donors (Lipinski definition) is 1. The van der Waals surface area contributed by atoms with Gasteiger partial charge in [0.15, 0.2) is 11.0 Å².